The van der Waals surface area contributed by atoms with Crippen molar-refractivity contribution in [3.63, 3.8) is 0 Å². The summed E-state index contributed by atoms with van der Waals surface area (Å²) in [7, 11) is -3.18. The number of para-hydroxylation sites is 2. The molecule has 0 aromatic heterocycles. The summed E-state index contributed by atoms with van der Waals surface area (Å²) in [5.74, 6) is 1.16. The van der Waals surface area contributed by atoms with Gasteiger partial charge in [0.2, 0.25) is 10.0 Å². The molecule has 1 aliphatic rings. The fraction of sp³-hybridized carbons (Fsp3) is 0.588. The van der Waals surface area contributed by atoms with E-state index in [2.05, 4.69) is 24.8 Å². The molecule has 0 aliphatic carbocycles. The Hall–Kier alpha value is -2.00. The monoisotopic (exact) mass is 383 g/mol. The Morgan fingerprint density at radius 1 is 1.19 bits per heavy atom. The van der Waals surface area contributed by atoms with Gasteiger partial charge in [-0.15, -0.1) is 0 Å². The molecule has 3 N–H and O–H groups in total. The number of nitrogens with one attached hydrogen (secondary N) is 2. The summed E-state index contributed by atoms with van der Waals surface area (Å²) in [6.07, 6.45) is 0. The van der Waals surface area contributed by atoms with Gasteiger partial charge >= 0.3 is 0 Å². The first-order valence-electron chi connectivity index (χ1n) is 9.00. The predicted molar refractivity (Wildman–Crippen MR) is 105 cm³/mol. The van der Waals surface area contributed by atoms with E-state index >= 15 is 0 Å². The second-order valence-corrected chi connectivity index (χ2v) is 8.09. The SMILES string of the molecule is CCNC(=NCCNS(=O)(=O)CC)N1CCN(c2ccccc2O)CC1. The molecule has 1 aliphatic heterocycles. The lowest BCUT2D eigenvalue weighted by Gasteiger charge is -2.37. The van der Waals surface area contributed by atoms with Crippen molar-refractivity contribution in [3.8, 4) is 5.75 Å². The highest BCUT2D eigenvalue weighted by Gasteiger charge is 2.21. The minimum absolute atomic E-state index is 0.0745. The molecule has 0 spiro atoms. The molecule has 1 aromatic carbocycles. The molecule has 0 amide bonds. The molecular weight excluding hydrogens is 354 g/mol. The predicted octanol–water partition coefficient (Wildman–Crippen LogP) is 0.419. The van der Waals surface area contributed by atoms with Crippen molar-refractivity contribution in [3.05, 3.63) is 24.3 Å². The van der Waals surface area contributed by atoms with Gasteiger partial charge in [0.15, 0.2) is 5.96 Å². The van der Waals surface area contributed by atoms with Crippen LogP contribution < -0.4 is 14.9 Å². The molecule has 0 bridgehead atoms. The second-order valence-electron chi connectivity index (χ2n) is 6.00. The number of hydrogen-bond donors (Lipinski definition) is 3. The second kappa shape index (κ2) is 9.63. The largest absolute Gasteiger partial charge is 0.506 e. The topological polar surface area (TPSA) is 97.3 Å². The van der Waals surface area contributed by atoms with Crippen molar-refractivity contribution >= 4 is 21.7 Å². The van der Waals surface area contributed by atoms with Crippen LogP contribution in [0.15, 0.2) is 29.3 Å². The molecule has 2 rings (SSSR count). The van der Waals surface area contributed by atoms with E-state index in [1.807, 2.05) is 25.1 Å². The van der Waals surface area contributed by atoms with E-state index in [1.54, 1.807) is 13.0 Å². The van der Waals surface area contributed by atoms with Crippen LogP contribution in [0.1, 0.15) is 13.8 Å². The van der Waals surface area contributed by atoms with Gasteiger partial charge in [-0.2, -0.15) is 0 Å². The summed E-state index contributed by atoms with van der Waals surface area (Å²) in [5.41, 5.74) is 0.850. The van der Waals surface area contributed by atoms with Crippen LogP contribution in [0.25, 0.3) is 0 Å². The number of guanidine groups is 1. The summed E-state index contributed by atoms with van der Waals surface area (Å²) in [4.78, 5) is 8.84. The van der Waals surface area contributed by atoms with E-state index < -0.39 is 10.0 Å². The van der Waals surface area contributed by atoms with Crippen LogP contribution in [0.2, 0.25) is 0 Å². The van der Waals surface area contributed by atoms with E-state index in [-0.39, 0.29) is 5.75 Å². The third kappa shape index (κ3) is 5.77. The van der Waals surface area contributed by atoms with E-state index in [0.717, 1.165) is 44.4 Å². The lowest BCUT2D eigenvalue weighted by molar-refractivity contribution is 0.370. The third-order valence-electron chi connectivity index (χ3n) is 4.21. The zero-order chi connectivity index (χ0) is 19.0. The van der Waals surface area contributed by atoms with Gasteiger partial charge in [-0.3, -0.25) is 4.99 Å². The molecule has 146 valence electrons. The average molecular weight is 384 g/mol. The summed E-state index contributed by atoms with van der Waals surface area (Å²) < 4.78 is 25.4. The summed E-state index contributed by atoms with van der Waals surface area (Å²) in [6.45, 7) is 8.17. The quantitative estimate of drug-likeness (QED) is 0.359. The number of hydrogen-bond acceptors (Lipinski definition) is 5. The summed E-state index contributed by atoms with van der Waals surface area (Å²) in [5, 5.41) is 13.3. The molecule has 26 heavy (non-hydrogen) atoms. The Morgan fingerprint density at radius 2 is 1.88 bits per heavy atom. The molecule has 8 nitrogen and oxygen atoms in total. The zero-order valence-electron chi connectivity index (χ0n) is 15.5. The van der Waals surface area contributed by atoms with Gasteiger partial charge in [-0.1, -0.05) is 12.1 Å². The van der Waals surface area contributed by atoms with Gasteiger partial charge in [-0.25, -0.2) is 13.1 Å². The fourth-order valence-electron chi connectivity index (χ4n) is 2.78. The number of benzene rings is 1. The van der Waals surface area contributed by atoms with Crippen LogP contribution >= 0.6 is 0 Å². The first kappa shape index (κ1) is 20.3. The highest BCUT2D eigenvalue weighted by atomic mass is 32.2. The normalized spacial score (nSPS) is 16.0. The van der Waals surface area contributed by atoms with Gasteiger partial charge < -0.3 is 20.2 Å². The van der Waals surface area contributed by atoms with E-state index in [4.69, 9.17) is 0 Å². The Balaban J connectivity index is 1.91. The molecule has 9 heteroatoms. The number of rotatable bonds is 7. The lowest BCUT2D eigenvalue weighted by Crippen LogP contribution is -2.52. The van der Waals surface area contributed by atoms with Gasteiger partial charge in [0.05, 0.1) is 18.0 Å². The standard InChI is InChI=1S/C17H29N5O3S/c1-3-18-17(19-9-10-20-26(24,25)4-2)22-13-11-21(12-14-22)15-7-5-6-8-16(15)23/h5-8,20,23H,3-4,9-14H2,1-2H3,(H,18,19). The highest BCUT2D eigenvalue weighted by molar-refractivity contribution is 7.89. The maximum atomic E-state index is 11.5. The fourth-order valence-corrected chi connectivity index (χ4v) is 3.39. The average Bonchev–Trinajstić information content (AvgIpc) is 2.65. The molecule has 1 fully saturated rings. The van der Waals surface area contributed by atoms with E-state index in [9.17, 15) is 13.5 Å². The van der Waals surface area contributed by atoms with Crippen LogP contribution in [-0.4, -0.2) is 75.9 Å². The minimum Gasteiger partial charge on any atom is -0.506 e. The van der Waals surface area contributed by atoms with Crippen molar-refractivity contribution in [2.75, 3.05) is 56.5 Å². The molecule has 0 unspecified atom stereocenters. The van der Waals surface area contributed by atoms with Crippen LogP contribution in [0.4, 0.5) is 5.69 Å². The smallest absolute Gasteiger partial charge is 0.211 e. The zero-order valence-corrected chi connectivity index (χ0v) is 16.3. The summed E-state index contributed by atoms with van der Waals surface area (Å²) in [6, 6.07) is 7.36. The van der Waals surface area contributed by atoms with Crippen molar-refractivity contribution in [1.82, 2.24) is 14.9 Å². The van der Waals surface area contributed by atoms with Crippen molar-refractivity contribution in [2.24, 2.45) is 4.99 Å². The molecular formula is C17H29N5O3S. The number of piperazine rings is 1. The summed E-state index contributed by atoms with van der Waals surface area (Å²) >= 11 is 0. The van der Waals surface area contributed by atoms with Gasteiger partial charge in [-0.05, 0) is 26.0 Å². The van der Waals surface area contributed by atoms with Crippen molar-refractivity contribution in [2.45, 2.75) is 13.8 Å². The van der Waals surface area contributed by atoms with Crippen LogP contribution in [-0.2, 0) is 10.0 Å². The molecule has 0 atom stereocenters. The maximum Gasteiger partial charge on any atom is 0.211 e. The first-order chi connectivity index (χ1) is 12.5. The lowest BCUT2D eigenvalue weighted by atomic mass is 10.2. The van der Waals surface area contributed by atoms with Crippen molar-refractivity contribution < 1.29 is 13.5 Å². The number of phenols is 1. The Bertz CT molecular complexity index is 700. The van der Waals surface area contributed by atoms with Gasteiger partial charge in [0.1, 0.15) is 5.75 Å². The number of sulfonamides is 1. The Kier molecular flexibility index (Phi) is 7.52. The molecule has 0 saturated carbocycles. The number of phenolic OH excluding ortho intramolecular Hbond substituents is 1. The number of aliphatic imine (C=N–C) groups is 1. The molecule has 0 radical (unpaired) electrons. The van der Waals surface area contributed by atoms with E-state index in [1.165, 1.54) is 0 Å². The Labute approximate surface area is 156 Å². The van der Waals surface area contributed by atoms with Gasteiger partial charge in [0, 0.05) is 39.3 Å². The number of anilines is 1. The number of aromatic hydroxyl groups is 1. The Morgan fingerprint density at radius 3 is 2.50 bits per heavy atom. The minimum atomic E-state index is -3.18. The van der Waals surface area contributed by atoms with Crippen LogP contribution in [0, 0.1) is 0 Å². The first-order valence-corrected chi connectivity index (χ1v) is 10.7. The molecule has 1 heterocycles. The van der Waals surface area contributed by atoms with Crippen molar-refractivity contribution in [1.29, 1.82) is 0 Å². The third-order valence-corrected chi connectivity index (χ3v) is 5.62. The van der Waals surface area contributed by atoms with E-state index in [0.29, 0.717) is 18.8 Å². The molecule has 1 saturated heterocycles. The maximum absolute atomic E-state index is 11.5. The highest BCUT2D eigenvalue weighted by Crippen LogP contribution is 2.27. The number of nitrogens with zero attached hydrogens (tertiary/aromatic N) is 3. The van der Waals surface area contributed by atoms with Gasteiger partial charge in [0.25, 0.3) is 0 Å². The van der Waals surface area contributed by atoms with Crippen LogP contribution in [0.5, 0.6) is 5.75 Å². The van der Waals surface area contributed by atoms with Crippen LogP contribution in [0.3, 0.4) is 0 Å². The molecule has 1 aromatic rings.